The summed E-state index contributed by atoms with van der Waals surface area (Å²) >= 11 is 1.67. The highest BCUT2D eigenvalue weighted by molar-refractivity contribution is 7.22. The van der Waals surface area contributed by atoms with Crippen LogP contribution in [0.3, 0.4) is 0 Å². The van der Waals surface area contributed by atoms with E-state index in [0.717, 1.165) is 44.8 Å². The van der Waals surface area contributed by atoms with Gasteiger partial charge in [-0.15, -0.1) is 11.3 Å². The van der Waals surface area contributed by atoms with Gasteiger partial charge < -0.3 is 15.2 Å². The Kier molecular flexibility index (Phi) is 5.37. The molecule has 5 nitrogen and oxygen atoms in total. The highest BCUT2D eigenvalue weighted by atomic mass is 32.1. The first-order chi connectivity index (χ1) is 16.0. The molecule has 33 heavy (non-hydrogen) atoms. The summed E-state index contributed by atoms with van der Waals surface area (Å²) in [6.07, 6.45) is 3.63. The normalized spacial score (nSPS) is 11.4. The summed E-state index contributed by atoms with van der Waals surface area (Å²) in [6.45, 7) is 5.14. The lowest BCUT2D eigenvalue weighted by Crippen LogP contribution is -2.10. The van der Waals surface area contributed by atoms with Crippen molar-refractivity contribution in [3.05, 3.63) is 77.1 Å². The molecule has 5 aromatic rings. The van der Waals surface area contributed by atoms with Crippen molar-refractivity contribution in [1.82, 2.24) is 14.9 Å². The summed E-state index contributed by atoms with van der Waals surface area (Å²) in [5.74, 6) is 0. The topological polar surface area (TPSA) is 67.7 Å². The van der Waals surface area contributed by atoms with Crippen LogP contribution in [0.5, 0.6) is 0 Å². The van der Waals surface area contributed by atoms with Crippen LogP contribution in [-0.4, -0.2) is 29.0 Å². The summed E-state index contributed by atoms with van der Waals surface area (Å²) in [6, 6.07) is 17.3. The van der Waals surface area contributed by atoms with Crippen LogP contribution < -0.4 is 5.32 Å². The molecule has 0 amide bonds. The molecule has 2 aromatic carbocycles. The number of hydrogen-bond acceptors (Lipinski definition) is 5. The molecule has 0 bridgehead atoms. The molecule has 0 aliphatic carbocycles. The van der Waals surface area contributed by atoms with Crippen molar-refractivity contribution in [2.45, 2.75) is 20.4 Å². The van der Waals surface area contributed by atoms with Gasteiger partial charge in [0, 0.05) is 45.8 Å². The number of rotatable bonds is 5. The van der Waals surface area contributed by atoms with E-state index in [4.69, 9.17) is 0 Å². The van der Waals surface area contributed by atoms with Gasteiger partial charge in [-0.05, 0) is 68.4 Å². The van der Waals surface area contributed by atoms with Crippen molar-refractivity contribution in [1.29, 1.82) is 5.26 Å². The van der Waals surface area contributed by atoms with Gasteiger partial charge in [0.05, 0.1) is 11.3 Å². The highest BCUT2D eigenvalue weighted by Gasteiger charge is 2.19. The van der Waals surface area contributed by atoms with Crippen LogP contribution in [0.2, 0.25) is 0 Å². The maximum atomic E-state index is 9.85. The summed E-state index contributed by atoms with van der Waals surface area (Å²) in [5, 5.41) is 15.6. The molecule has 3 heterocycles. The van der Waals surface area contributed by atoms with Gasteiger partial charge in [0.25, 0.3) is 0 Å². The van der Waals surface area contributed by atoms with E-state index in [-0.39, 0.29) is 0 Å². The predicted molar refractivity (Wildman–Crippen MR) is 138 cm³/mol. The van der Waals surface area contributed by atoms with Gasteiger partial charge in [0.2, 0.25) is 0 Å². The molecule has 0 atom stereocenters. The minimum Gasteiger partial charge on any atom is -0.361 e. The van der Waals surface area contributed by atoms with E-state index in [0.29, 0.717) is 5.56 Å². The lowest BCUT2D eigenvalue weighted by atomic mass is 10.0. The van der Waals surface area contributed by atoms with Crippen molar-refractivity contribution in [2.24, 2.45) is 0 Å². The Balaban J connectivity index is 1.62. The number of benzene rings is 2. The van der Waals surface area contributed by atoms with Crippen LogP contribution in [0.1, 0.15) is 22.3 Å². The summed E-state index contributed by atoms with van der Waals surface area (Å²) < 4.78 is 0. The number of nitrogens with zero attached hydrogens (tertiary/aromatic N) is 3. The summed E-state index contributed by atoms with van der Waals surface area (Å²) in [7, 11) is 4.15. The third-order valence-corrected chi connectivity index (χ3v) is 7.31. The third kappa shape index (κ3) is 3.76. The van der Waals surface area contributed by atoms with Crippen LogP contribution in [0, 0.1) is 25.2 Å². The molecule has 0 saturated heterocycles. The Bertz CT molecular complexity index is 1520. The van der Waals surface area contributed by atoms with Crippen molar-refractivity contribution < 1.29 is 0 Å². The van der Waals surface area contributed by atoms with Crippen LogP contribution in [0.4, 0.5) is 11.4 Å². The van der Waals surface area contributed by atoms with Gasteiger partial charge in [-0.25, -0.2) is 4.98 Å². The van der Waals surface area contributed by atoms with Gasteiger partial charge in [0.15, 0.2) is 0 Å². The monoisotopic (exact) mass is 451 g/mol. The van der Waals surface area contributed by atoms with Crippen molar-refractivity contribution in [3.63, 3.8) is 0 Å². The number of anilines is 2. The quantitative estimate of drug-likeness (QED) is 0.311. The lowest BCUT2D eigenvalue weighted by Gasteiger charge is -2.13. The molecular weight excluding hydrogens is 426 g/mol. The first kappa shape index (κ1) is 21.2. The first-order valence-corrected chi connectivity index (χ1v) is 11.7. The number of fused-ring (bicyclic) bond motifs is 2. The Morgan fingerprint density at radius 1 is 1.06 bits per heavy atom. The number of pyridine rings is 1. The van der Waals surface area contributed by atoms with Crippen LogP contribution in [0.15, 0.2) is 54.9 Å². The van der Waals surface area contributed by atoms with Gasteiger partial charge in [0.1, 0.15) is 10.9 Å². The molecule has 0 saturated carbocycles. The van der Waals surface area contributed by atoms with Crippen LogP contribution in [0.25, 0.3) is 31.6 Å². The van der Waals surface area contributed by atoms with Gasteiger partial charge in [-0.2, -0.15) is 5.26 Å². The number of thiophene rings is 1. The van der Waals surface area contributed by atoms with Crippen molar-refractivity contribution in [3.8, 4) is 16.5 Å². The Labute approximate surface area is 197 Å². The second-order valence-corrected chi connectivity index (χ2v) is 9.63. The molecule has 0 spiro atoms. The Morgan fingerprint density at radius 3 is 2.58 bits per heavy atom. The summed E-state index contributed by atoms with van der Waals surface area (Å²) in [5.41, 5.74) is 8.21. The molecule has 0 radical (unpaired) electrons. The minimum atomic E-state index is 0.546. The standard InChI is InChI=1S/C27H25N5S/c1-16-21-11-12-29-23(21)10-9-22(16)31-25-20(13-28)14-30-27-24(25)17(2)26(33-27)19-7-5-18(6-8-19)15-32(3)4/h5-12,14,29H,15H2,1-4H3,(H,30,31). The Morgan fingerprint density at radius 2 is 1.85 bits per heavy atom. The molecule has 3 aromatic heterocycles. The van der Waals surface area contributed by atoms with Gasteiger partial charge in [-0.3, -0.25) is 0 Å². The molecule has 6 heteroatoms. The number of aromatic amines is 1. The predicted octanol–water partition coefficient (Wildman–Crippen LogP) is 6.74. The maximum absolute atomic E-state index is 9.85. The van der Waals surface area contributed by atoms with E-state index < -0.39 is 0 Å². The third-order valence-electron chi connectivity index (χ3n) is 6.06. The van der Waals surface area contributed by atoms with E-state index in [9.17, 15) is 5.26 Å². The first-order valence-electron chi connectivity index (χ1n) is 10.9. The summed E-state index contributed by atoms with van der Waals surface area (Å²) in [4.78, 5) is 12.2. The number of aromatic nitrogens is 2. The SMILES string of the molecule is Cc1c(Nc2c(C#N)cnc3sc(-c4ccc(CN(C)C)cc4)c(C)c23)ccc2[nH]ccc12. The average Bonchev–Trinajstić information content (AvgIpc) is 3.41. The van der Waals surface area contributed by atoms with Crippen LogP contribution >= 0.6 is 11.3 Å². The highest BCUT2D eigenvalue weighted by Crippen LogP contribution is 2.43. The minimum absolute atomic E-state index is 0.546. The second kappa shape index (κ2) is 8.36. The number of nitrogens with one attached hydrogen (secondary N) is 2. The number of H-pyrrole nitrogens is 1. The molecular formula is C27H25N5S. The molecule has 5 rings (SSSR count). The van der Waals surface area contributed by atoms with Crippen molar-refractivity contribution in [2.75, 3.05) is 19.4 Å². The molecule has 0 aliphatic rings. The van der Waals surface area contributed by atoms with Crippen molar-refractivity contribution >= 4 is 43.8 Å². The molecule has 0 fully saturated rings. The van der Waals surface area contributed by atoms with Gasteiger partial charge >= 0.3 is 0 Å². The largest absolute Gasteiger partial charge is 0.361 e. The zero-order chi connectivity index (χ0) is 23.1. The fourth-order valence-corrected chi connectivity index (χ4v) is 5.54. The second-order valence-electron chi connectivity index (χ2n) is 8.63. The molecule has 2 N–H and O–H groups in total. The maximum Gasteiger partial charge on any atom is 0.126 e. The lowest BCUT2D eigenvalue weighted by molar-refractivity contribution is 0.402. The van der Waals surface area contributed by atoms with E-state index in [2.05, 4.69) is 96.7 Å². The number of nitriles is 1. The number of hydrogen-bond donors (Lipinski definition) is 2. The molecule has 164 valence electrons. The van der Waals surface area contributed by atoms with Gasteiger partial charge in [-0.1, -0.05) is 24.3 Å². The van der Waals surface area contributed by atoms with E-state index in [1.165, 1.54) is 21.4 Å². The van der Waals surface area contributed by atoms with E-state index in [1.807, 2.05) is 6.20 Å². The molecule has 0 unspecified atom stereocenters. The zero-order valence-corrected chi connectivity index (χ0v) is 20.0. The fraction of sp³-hybridized carbons (Fsp3) is 0.185. The molecule has 0 aliphatic heterocycles. The Hall–Kier alpha value is -3.66. The smallest absolute Gasteiger partial charge is 0.126 e. The number of aryl methyl sites for hydroxylation is 2. The fourth-order valence-electron chi connectivity index (χ4n) is 4.38. The van der Waals surface area contributed by atoms with E-state index in [1.54, 1.807) is 17.5 Å². The zero-order valence-electron chi connectivity index (χ0n) is 19.2. The average molecular weight is 452 g/mol. The van der Waals surface area contributed by atoms with Crippen LogP contribution in [-0.2, 0) is 6.54 Å². The van der Waals surface area contributed by atoms with E-state index >= 15 is 0 Å².